The number of hydrogen-bond donors (Lipinski definition) is 0. The van der Waals surface area contributed by atoms with E-state index in [-0.39, 0.29) is 6.03 Å². The van der Waals surface area contributed by atoms with Crippen LogP contribution in [0.15, 0.2) is 12.3 Å². The third-order valence-electron chi connectivity index (χ3n) is 4.70. The van der Waals surface area contributed by atoms with Crippen molar-refractivity contribution < 1.29 is 9.53 Å². The molecule has 2 aliphatic heterocycles. The summed E-state index contributed by atoms with van der Waals surface area (Å²) in [5.74, 6) is 1.66. The van der Waals surface area contributed by atoms with Crippen LogP contribution in [0.1, 0.15) is 25.6 Å². The lowest BCUT2D eigenvalue weighted by atomic mass is 10.0. The molecule has 1 aromatic rings. The first-order valence-electron chi connectivity index (χ1n) is 8.34. The summed E-state index contributed by atoms with van der Waals surface area (Å²) < 4.78 is 5.09. The van der Waals surface area contributed by atoms with E-state index >= 15 is 0 Å². The van der Waals surface area contributed by atoms with Gasteiger partial charge >= 0.3 is 6.03 Å². The molecule has 0 aromatic carbocycles. The molecule has 3 heterocycles. The van der Waals surface area contributed by atoms with E-state index in [0.717, 1.165) is 51.4 Å². The Bertz CT molecular complexity index is 545. The molecule has 0 spiro atoms. The van der Waals surface area contributed by atoms with Crippen molar-refractivity contribution in [3.05, 3.63) is 18.1 Å². The number of piperidine rings is 1. The van der Waals surface area contributed by atoms with Crippen LogP contribution >= 0.6 is 0 Å². The Morgan fingerprint density at radius 3 is 2.70 bits per heavy atom. The molecule has 0 saturated carbocycles. The quantitative estimate of drug-likeness (QED) is 0.820. The van der Waals surface area contributed by atoms with Crippen LogP contribution in [0.25, 0.3) is 0 Å². The third-order valence-corrected chi connectivity index (χ3v) is 4.70. The first kappa shape index (κ1) is 16.0. The third kappa shape index (κ3) is 3.39. The molecule has 2 saturated heterocycles. The highest BCUT2D eigenvalue weighted by molar-refractivity contribution is 5.76. The topological polar surface area (TPSA) is 61.8 Å². The zero-order valence-corrected chi connectivity index (χ0v) is 13.9. The number of carbonyl (C=O) groups excluding carboxylic acids is 1. The number of methoxy groups -OCH3 is 1. The van der Waals surface area contributed by atoms with Gasteiger partial charge in [-0.15, -0.1) is 0 Å². The first-order chi connectivity index (χ1) is 11.2. The Hall–Kier alpha value is -1.89. The lowest BCUT2D eigenvalue weighted by Crippen LogP contribution is -2.46. The van der Waals surface area contributed by atoms with E-state index in [1.54, 1.807) is 13.3 Å². The van der Waals surface area contributed by atoms with Crippen LogP contribution in [0.3, 0.4) is 0 Å². The van der Waals surface area contributed by atoms with Crippen LogP contribution in [0.2, 0.25) is 0 Å². The fourth-order valence-electron chi connectivity index (χ4n) is 3.40. The van der Waals surface area contributed by atoms with Crippen LogP contribution in [0.5, 0.6) is 0 Å². The molecule has 0 aliphatic carbocycles. The molecule has 7 heteroatoms. The van der Waals surface area contributed by atoms with Gasteiger partial charge < -0.3 is 19.4 Å². The van der Waals surface area contributed by atoms with Crippen molar-refractivity contribution in [1.82, 2.24) is 19.8 Å². The number of ether oxygens (including phenoxy) is 1. The molecule has 0 bridgehead atoms. The molecular formula is C16H25N5O2. The van der Waals surface area contributed by atoms with Crippen molar-refractivity contribution in [3.63, 3.8) is 0 Å². The number of carbonyl (C=O) groups is 1. The summed E-state index contributed by atoms with van der Waals surface area (Å²) in [5.41, 5.74) is 0. The van der Waals surface area contributed by atoms with E-state index in [1.807, 2.05) is 17.9 Å². The van der Waals surface area contributed by atoms with E-state index in [9.17, 15) is 4.79 Å². The average molecular weight is 319 g/mol. The zero-order valence-electron chi connectivity index (χ0n) is 13.9. The molecule has 0 N–H and O–H groups in total. The smallest absolute Gasteiger partial charge is 0.320 e. The summed E-state index contributed by atoms with van der Waals surface area (Å²) in [4.78, 5) is 27.3. The molecule has 2 amide bonds. The van der Waals surface area contributed by atoms with Crippen molar-refractivity contribution in [2.75, 3.05) is 44.7 Å². The highest BCUT2D eigenvalue weighted by Crippen LogP contribution is 2.24. The highest BCUT2D eigenvalue weighted by atomic mass is 16.5. The van der Waals surface area contributed by atoms with Crippen molar-refractivity contribution in [1.29, 1.82) is 0 Å². The molecule has 1 aromatic heterocycles. The van der Waals surface area contributed by atoms with Gasteiger partial charge in [-0.1, -0.05) is 0 Å². The molecule has 126 valence electrons. The normalized spacial score (nSPS) is 19.7. The molecule has 2 aliphatic rings. The maximum atomic E-state index is 12.3. The summed E-state index contributed by atoms with van der Waals surface area (Å²) in [6.07, 6.45) is 3.77. The molecule has 0 atom stereocenters. The van der Waals surface area contributed by atoms with E-state index < -0.39 is 0 Å². The Morgan fingerprint density at radius 1 is 1.26 bits per heavy atom. The summed E-state index contributed by atoms with van der Waals surface area (Å²) in [5, 5.41) is 0. The van der Waals surface area contributed by atoms with E-state index in [0.29, 0.717) is 18.5 Å². The fourth-order valence-corrected chi connectivity index (χ4v) is 3.40. The second-order valence-corrected chi connectivity index (χ2v) is 6.04. The Balaban J connectivity index is 1.58. The lowest BCUT2D eigenvalue weighted by Gasteiger charge is -2.37. The van der Waals surface area contributed by atoms with Crippen LogP contribution in [0.4, 0.5) is 10.6 Å². The van der Waals surface area contributed by atoms with Gasteiger partial charge in [0.15, 0.2) is 5.82 Å². The van der Waals surface area contributed by atoms with Crippen LogP contribution < -0.4 is 4.90 Å². The Labute approximate surface area is 137 Å². The Kier molecular flexibility index (Phi) is 4.95. The van der Waals surface area contributed by atoms with Crippen molar-refractivity contribution in [3.8, 4) is 0 Å². The van der Waals surface area contributed by atoms with E-state index in [2.05, 4.69) is 19.8 Å². The van der Waals surface area contributed by atoms with Crippen molar-refractivity contribution >= 4 is 11.8 Å². The summed E-state index contributed by atoms with van der Waals surface area (Å²) in [6.45, 7) is 6.84. The Morgan fingerprint density at radius 2 is 2.04 bits per heavy atom. The number of urea groups is 1. The monoisotopic (exact) mass is 319 g/mol. The van der Waals surface area contributed by atoms with Crippen molar-refractivity contribution in [2.24, 2.45) is 0 Å². The van der Waals surface area contributed by atoms with Gasteiger partial charge in [0, 0.05) is 52.1 Å². The minimum Gasteiger partial charge on any atom is -0.377 e. The van der Waals surface area contributed by atoms with E-state index in [4.69, 9.17) is 4.74 Å². The molecule has 23 heavy (non-hydrogen) atoms. The average Bonchev–Trinajstić information content (AvgIpc) is 2.96. The predicted molar refractivity (Wildman–Crippen MR) is 87.3 cm³/mol. The summed E-state index contributed by atoms with van der Waals surface area (Å²) in [6, 6.07) is 2.50. The standard InChI is InChI=1S/C16H25N5O2/c1-3-19-10-11-21(16(19)22)13-5-8-20(9-6-13)15-4-7-17-14(18-15)12-23-2/h4,7,13H,3,5-6,8-12H2,1-2H3. The van der Waals surface area contributed by atoms with Gasteiger partial charge in [-0.05, 0) is 25.8 Å². The van der Waals surface area contributed by atoms with E-state index in [1.165, 1.54) is 0 Å². The number of rotatable bonds is 5. The molecule has 7 nitrogen and oxygen atoms in total. The number of likely N-dealkylation sites (N-methyl/N-ethyl adjacent to an activating group) is 1. The highest BCUT2D eigenvalue weighted by Gasteiger charge is 2.34. The predicted octanol–water partition coefficient (Wildman–Crippen LogP) is 1.35. The van der Waals surface area contributed by atoms with Crippen LogP contribution in [-0.2, 0) is 11.3 Å². The number of aromatic nitrogens is 2. The first-order valence-corrected chi connectivity index (χ1v) is 8.34. The molecule has 2 fully saturated rings. The number of hydrogen-bond acceptors (Lipinski definition) is 5. The number of anilines is 1. The minimum absolute atomic E-state index is 0.204. The van der Waals surface area contributed by atoms with Gasteiger partial charge in [0.25, 0.3) is 0 Å². The molecule has 0 unspecified atom stereocenters. The lowest BCUT2D eigenvalue weighted by molar-refractivity contribution is 0.169. The van der Waals surface area contributed by atoms with Gasteiger partial charge in [0.2, 0.25) is 0 Å². The molecule has 3 rings (SSSR count). The molecule has 0 radical (unpaired) electrons. The number of amides is 2. The second kappa shape index (κ2) is 7.12. The summed E-state index contributed by atoms with van der Waals surface area (Å²) in [7, 11) is 1.65. The number of nitrogens with zero attached hydrogens (tertiary/aromatic N) is 5. The maximum Gasteiger partial charge on any atom is 0.320 e. The largest absolute Gasteiger partial charge is 0.377 e. The molecular weight excluding hydrogens is 294 g/mol. The fraction of sp³-hybridized carbons (Fsp3) is 0.688. The SMILES string of the molecule is CCN1CCN(C2CCN(c3ccnc(COC)n3)CC2)C1=O. The summed E-state index contributed by atoms with van der Waals surface area (Å²) >= 11 is 0. The van der Waals surface area contributed by atoms with Gasteiger partial charge in [-0.3, -0.25) is 0 Å². The van der Waals surface area contributed by atoms with Gasteiger partial charge in [0.1, 0.15) is 12.4 Å². The zero-order chi connectivity index (χ0) is 16.2. The van der Waals surface area contributed by atoms with Crippen LogP contribution in [0, 0.1) is 0 Å². The van der Waals surface area contributed by atoms with Gasteiger partial charge in [-0.2, -0.15) is 0 Å². The second-order valence-electron chi connectivity index (χ2n) is 6.04. The maximum absolute atomic E-state index is 12.3. The van der Waals surface area contributed by atoms with Gasteiger partial charge in [-0.25, -0.2) is 14.8 Å². The minimum atomic E-state index is 0.204. The van der Waals surface area contributed by atoms with Crippen molar-refractivity contribution in [2.45, 2.75) is 32.4 Å². The van der Waals surface area contributed by atoms with Gasteiger partial charge in [0.05, 0.1) is 0 Å². The van der Waals surface area contributed by atoms with Crippen LogP contribution in [-0.4, -0.2) is 71.7 Å².